The molecular formula is C23H29F3O5S. The van der Waals surface area contributed by atoms with Crippen LogP contribution in [0, 0.1) is 5.41 Å². The summed E-state index contributed by atoms with van der Waals surface area (Å²) in [5.74, 6) is -1.74. The van der Waals surface area contributed by atoms with Crippen LogP contribution in [0.1, 0.15) is 78.4 Å². The lowest BCUT2D eigenvalue weighted by atomic mass is 9.72. The van der Waals surface area contributed by atoms with Gasteiger partial charge >= 0.3 is 15.6 Å². The third-order valence-electron chi connectivity index (χ3n) is 5.72. The highest BCUT2D eigenvalue weighted by atomic mass is 32.2. The predicted octanol–water partition coefficient (Wildman–Crippen LogP) is 6.70. The van der Waals surface area contributed by atoms with E-state index in [2.05, 4.69) is 6.08 Å². The van der Waals surface area contributed by atoms with Crippen LogP contribution in [0.5, 0.6) is 17.2 Å². The van der Waals surface area contributed by atoms with E-state index >= 15 is 0 Å². The van der Waals surface area contributed by atoms with E-state index in [1.165, 1.54) is 0 Å². The number of ether oxygens (including phenoxy) is 2. The maximum absolute atomic E-state index is 13.2. The van der Waals surface area contributed by atoms with Gasteiger partial charge in [0.2, 0.25) is 11.5 Å². The zero-order valence-corrected chi connectivity index (χ0v) is 20.1. The van der Waals surface area contributed by atoms with Crippen LogP contribution in [0.4, 0.5) is 13.2 Å². The molecule has 1 heterocycles. The Morgan fingerprint density at radius 3 is 2.25 bits per heavy atom. The second kappa shape index (κ2) is 7.71. The van der Waals surface area contributed by atoms with Crippen molar-refractivity contribution in [2.75, 3.05) is 0 Å². The van der Waals surface area contributed by atoms with Gasteiger partial charge in [-0.15, -0.1) is 0 Å². The molecule has 1 aliphatic heterocycles. The zero-order valence-electron chi connectivity index (χ0n) is 19.3. The lowest BCUT2D eigenvalue weighted by Gasteiger charge is -2.32. The largest absolute Gasteiger partial charge is 0.534 e. The molecule has 0 aromatic heterocycles. The van der Waals surface area contributed by atoms with Gasteiger partial charge in [-0.1, -0.05) is 39.3 Å². The van der Waals surface area contributed by atoms with E-state index in [0.29, 0.717) is 5.56 Å². The molecule has 32 heavy (non-hydrogen) atoms. The van der Waals surface area contributed by atoms with Crippen LogP contribution >= 0.6 is 0 Å². The molecule has 1 aromatic rings. The average Bonchev–Trinajstić information content (AvgIpc) is 2.93. The van der Waals surface area contributed by atoms with E-state index < -0.39 is 27.2 Å². The van der Waals surface area contributed by atoms with Crippen LogP contribution in [0.25, 0.3) is 6.08 Å². The van der Waals surface area contributed by atoms with Gasteiger partial charge in [0.15, 0.2) is 11.5 Å². The van der Waals surface area contributed by atoms with E-state index in [4.69, 9.17) is 13.7 Å². The molecule has 1 aliphatic carbocycles. The molecule has 1 aromatic carbocycles. The number of rotatable bonds is 4. The predicted molar refractivity (Wildman–Crippen MR) is 116 cm³/mol. The van der Waals surface area contributed by atoms with Gasteiger partial charge in [0.05, 0.1) is 0 Å². The van der Waals surface area contributed by atoms with Gasteiger partial charge < -0.3 is 13.7 Å². The molecule has 0 saturated carbocycles. The molecule has 9 heteroatoms. The van der Waals surface area contributed by atoms with Gasteiger partial charge in [-0.05, 0) is 48.8 Å². The van der Waals surface area contributed by atoms with Gasteiger partial charge in [0, 0.05) is 25.0 Å². The Labute approximate surface area is 187 Å². The first-order valence-corrected chi connectivity index (χ1v) is 11.8. The summed E-state index contributed by atoms with van der Waals surface area (Å²) >= 11 is 0. The Morgan fingerprint density at radius 1 is 1.12 bits per heavy atom. The fraction of sp³-hybridized carbons (Fsp3) is 0.565. The first-order chi connectivity index (χ1) is 14.5. The van der Waals surface area contributed by atoms with Crippen LogP contribution in [0.15, 0.2) is 23.3 Å². The smallest absolute Gasteiger partial charge is 0.449 e. The fourth-order valence-corrected chi connectivity index (χ4v) is 4.53. The first-order valence-electron chi connectivity index (χ1n) is 10.4. The third kappa shape index (κ3) is 4.49. The number of allylic oxidation sites excluding steroid dienone is 3. The van der Waals surface area contributed by atoms with Crippen LogP contribution in [-0.4, -0.2) is 19.7 Å². The zero-order chi connectivity index (χ0) is 24.3. The highest BCUT2D eigenvalue weighted by Crippen LogP contribution is 2.54. The molecule has 0 N–H and O–H groups in total. The number of benzene rings is 1. The molecular weight excluding hydrogens is 445 g/mol. The summed E-state index contributed by atoms with van der Waals surface area (Å²) < 4.78 is 79.8. The van der Waals surface area contributed by atoms with Crippen LogP contribution in [0.2, 0.25) is 0 Å². The Bertz CT molecular complexity index is 1090. The quantitative estimate of drug-likeness (QED) is 0.359. The molecule has 0 atom stereocenters. The van der Waals surface area contributed by atoms with Crippen molar-refractivity contribution >= 4 is 16.2 Å². The number of alkyl halides is 3. The molecule has 0 radical (unpaired) electrons. The van der Waals surface area contributed by atoms with Crippen molar-refractivity contribution in [3.05, 3.63) is 34.4 Å². The molecule has 0 amide bonds. The minimum absolute atomic E-state index is 0.0670. The van der Waals surface area contributed by atoms with Crippen molar-refractivity contribution in [2.45, 2.75) is 78.5 Å². The van der Waals surface area contributed by atoms with Gasteiger partial charge in [-0.2, -0.15) is 21.6 Å². The molecule has 5 nitrogen and oxygen atoms in total. The Hall–Kier alpha value is -2.16. The van der Waals surface area contributed by atoms with E-state index in [-0.39, 0.29) is 28.4 Å². The maximum atomic E-state index is 13.2. The average molecular weight is 475 g/mol. The lowest BCUT2D eigenvalue weighted by molar-refractivity contribution is -0.0508. The Kier molecular flexibility index (Phi) is 5.90. The summed E-state index contributed by atoms with van der Waals surface area (Å²) in [6, 6.07) is 1.63. The molecule has 0 saturated heterocycles. The van der Waals surface area contributed by atoms with Gasteiger partial charge in [-0.25, -0.2) is 0 Å². The monoisotopic (exact) mass is 474 g/mol. The number of fused-ring (bicyclic) bond motifs is 1. The summed E-state index contributed by atoms with van der Waals surface area (Å²) in [5, 5.41) is 0. The summed E-state index contributed by atoms with van der Waals surface area (Å²) in [6.45, 7) is 13.0. The Morgan fingerprint density at radius 2 is 1.72 bits per heavy atom. The van der Waals surface area contributed by atoms with Crippen molar-refractivity contribution in [1.29, 1.82) is 0 Å². The number of halogens is 3. The molecule has 0 unspecified atom stereocenters. The van der Waals surface area contributed by atoms with Crippen LogP contribution < -0.4 is 13.7 Å². The highest BCUT2D eigenvalue weighted by Gasteiger charge is 2.50. The standard InChI is InChI=1S/C23H29F3O5S/c1-13(2)16-11-15(12-17-14(3)9-8-10-21(17,4)5)18(31-32(27,28)23(24,25)26)20-19(16)29-22(6,7)30-20/h9,11-13H,8,10H2,1-7H3/b17-12+. The van der Waals surface area contributed by atoms with E-state index in [1.54, 1.807) is 26.0 Å². The van der Waals surface area contributed by atoms with Gasteiger partial charge in [0.1, 0.15) is 0 Å². The van der Waals surface area contributed by atoms with Gasteiger partial charge in [0.25, 0.3) is 0 Å². The normalized spacial score (nSPS) is 21.1. The third-order valence-corrected chi connectivity index (χ3v) is 6.67. The van der Waals surface area contributed by atoms with E-state index in [1.807, 2.05) is 34.6 Å². The molecule has 2 aliphatic rings. The topological polar surface area (TPSA) is 61.8 Å². The SMILES string of the molecule is CC1=CCCC(C)(C)/C1=C/c1cc(C(C)C)c2c(c1OS(=O)(=O)C(F)(F)F)OC(C)(C)O2. The van der Waals surface area contributed by atoms with Crippen molar-refractivity contribution in [1.82, 2.24) is 0 Å². The maximum Gasteiger partial charge on any atom is 0.534 e. The molecule has 178 valence electrons. The summed E-state index contributed by atoms with van der Waals surface area (Å²) in [4.78, 5) is 0. The second-order valence-corrected chi connectivity index (χ2v) is 11.2. The summed E-state index contributed by atoms with van der Waals surface area (Å²) in [7, 11) is -5.93. The molecule has 0 fully saturated rings. The van der Waals surface area contributed by atoms with E-state index in [9.17, 15) is 21.6 Å². The molecule has 3 rings (SSSR count). The fourth-order valence-electron chi connectivity index (χ4n) is 4.05. The summed E-state index contributed by atoms with van der Waals surface area (Å²) in [5.41, 5.74) is -3.09. The second-order valence-electron chi connectivity index (χ2n) is 9.65. The van der Waals surface area contributed by atoms with Crippen LogP contribution in [0.3, 0.4) is 0 Å². The van der Waals surface area contributed by atoms with E-state index in [0.717, 1.165) is 24.0 Å². The van der Waals surface area contributed by atoms with Crippen molar-refractivity contribution in [3.8, 4) is 17.2 Å². The van der Waals surface area contributed by atoms with Crippen molar-refractivity contribution < 1.29 is 35.2 Å². The van der Waals surface area contributed by atoms with Crippen LogP contribution in [-0.2, 0) is 10.1 Å². The molecule has 0 bridgehead atoms. The Balaban J connectivity index is 2.34. The first kappa shape index (κ1) is 24.5. The number of hydrogen-bond acceptors (Lipinski definition) is 5. The van der Waals surface area contributed by atoms with Crippen molar-refractivity contribution in [2.24, 2.45) is 5.41 Å². The van der Waals surface area contributed by atoms with Gasteiger partial charge in [-0.3, -0.25) is 0 Å². The molecule has 0 spiro atoms. The van der Waals surface area contributed by atoms with Crippen molar-refractivity contribution in [3.63, 3.8) is 0 Å². The minimum atomic E-state index is -5.93. The summed E-state index contributed by atoms with van der Waals surface area (Å²) in [6.07, 6.45) is 5.49. The lowest BCUT2D eigenvalue weighted by Crippen LogP contribution is -2.30. The minimum Gasteiger partial charge on any atom is -0.449 e. The number of hydrogen-bond donors (Lipinski definition) is 0. The highest BCUT2D eigenvalue weighted by molar-refractivity contribution is 7.88.